The molecular formula is C12H16N2O6. The fourth-order valence-corrected chi connectivity index (χ4v) is 2.95. The number of ether oxygens (including phenoxy) is 3. The number of aliphatic hydroxyl groups is 1. The summed E-state index contributed by atoms with van der Waals surface area (Å²) in [6, 6.07) is 1.23. The second-order valence-corrected chi connectivity index (χ2v) is 5.45. The molecule has 8 heteroatoms. The lowest BCUT2D eigenvalue weighted by molar-refractivity contribution is -0.167. The molecule has 0 spiro atoms. The van der Waals surface area contributed by atoms with E-state index in [1.54, 1.807) is 13.8 Å². The van der Waals surface area contributed by atoms with Gasteiger partial charge < -0.3 is 19.3 Å². The average molecular weight is 284 g/mol. The van der Waals surface area contributed by atoms with Gasteiger partial charge in [-0.3, -0.25) is 14.3 Å². The van der Waals surface area contributed by atoms with Gasteiger partial charge in [0, 0.05) is 12.3 Å². The highest BCUT2D eigenvalue weighted by molar-refractivity contribution is 5.10. The maximum atomic E-state index is 11.9. The van der Waals surface area contributed by atoms with E-state index in [0.29, 0.717) is 0 Å². The zero-order chi connectivity index (χ0) is 14.5. The van der Waals surface area contributed by atoms with E-state index < -0.39 is 34.8 Å². The number of hydrogen-bond donors (Lipinski definition) is 2. The highest BCUT2D eigenvalue weighted by Gasteiger charge is 2.65. The number of nitrogens with one attached hydrogen (secondary N) is 1. The molecule has 20 heavy (non-hydrogen) atoms. The first-order valence-corrected chi connectivity index (χ1v) is 6.26. The summed E-state index contributed by atoms with van der Waals surface area (Å²) in [5.41, 5.74) is -2.98. The highest BCUT2D eigenvalue weighted by Crippen LogP contribution is 2.50. The summed E-state index contributed by atoms with van der Waals surface area (Å²) in [6.45, 7) is 3.25. The average Bonchev–Trinajstić information content (AvgIpc) is 2.88. The van der Waals surface area contributed by atoms with Crippen molar-refractivity contribution in [2.75, 3.05) is 13.4 Å². The van der Waals surface area contributed by atoms with Crippen molar-refractivity contribution in [2.45, 2.75) is 37.4 Å². The fourth-order valence-electron chi connectivity index (χ4n) is 2.95. The van der Waals surface area contributed by atoms with Gasteiger partial charge in [0.15, 0.2) is 6.23 Å². The van der Waals surface area contributed by atoms with Crippen LogP contribution in [-0.4, -0.2) is 45.4 Å². The summed E-state index contributed by atoms with van der Waals surface area (Å²) in [7, 11) is 0. The van der Waals surface area contributed by atoms with Crippen molar-refractivity contribution in [3.8, 4) is 0 Å². The van der Waals surface area contributed by atoms with Crippen LogP contribution in [0.5, 0.6) is 0 Å². The molecule has 3 rings (SSSR count). The first-order chi connectivity index (χ1) is 9.40. The molecule has 2 aliphatic rings. The molecule has 0 saturated carbocycles. The molecule has 2 N–H and O–H groups in total. The zero-order valence-corrected chi connectivity index (χ0v) is 11.2. The summed E-state index contributed by atoms with van der Waals surface area (Å²) in [4.78, 5) is 25.2. The molecule has 0 aliphatic carbocycles. The Bertz CT molecular complexity index is 639. The Balaban J connectivity index is 2.10. The van der Waals surface area contributed by atoms with Crippen LogP contribution < -0.4 is 11.2 Å². The summed E-state index contributed by atoms with van der Waals surface area (Å²) in [6.07, 6.45) is 0.0409. The summed E-state index contributed by atoms with van der Waals surface area (Å²) < 4.78 is 18.2. The van der Waals surface area contributed by atoms with Gasteiger partial charge in [-0.2, -0.15) is 0 Å². The molecule has 0 aromatic carbocycles. The third-order valence-electron chi connectivity index (χ3n) is 3.97. The van der Waals surface area contributed by atoms with Gasteiger partial charge in [0.05, 0.1) is 6.61 Å². The molecule has 0 radical (unpaired) electrons. The lowest BCUT2D eigenvalue weighted by Gasteiger charge is -2.27. The molecule has 1 aromatic heterocycles. The first kappa shape index (κ1) is 13.5. The van der Waals surface area contributed by atoms with Crippen molar-refractivity contribution in [1.29, 1.82) is 0 Å². The standard InChI is InChI=1S/C12H16N2O6/c1-11(5-15)8-12(2,19-6-18-8)9(20-11)14-4-3-7(16)13-10(14)17/h3-4,8-9,15H,5-6H2,1-2H3,(H,13,16,17). The van der Waals surface area contributed by atoms with Gasteiger partial charge in [0.25, 0.3) is 5.56 Å². The molecule has 0 bridgehead atoms. The number of rotatable bonds is 2. The van der Waals surface area contributed by atoms with Gasteiger partial charge >= 0.3 is 5.69 Å². The number of hydrogen-bond acceptors (Lipinski definition) is 6. The molecule has 4 unspecified atom stereocenters. The highest BCUT2D eigenvalue weighted by atomic mass is 16.8. The van der Waals surface area contributed by atoms with Crippen molar-refractivity contribution < 1.29 is 19.3 Å². The molecule has 3 heterocycles. The number of H-pyrrole nitrogens is 1. The Morgan fingerprint density at radius 1 is 1.50 bits per heavy atom. The van der Waals surface area contributed by atoms with Crippen LogP contribution in [-0.2, 0) is 14.2 Å². The Kier molecular flexibility index (Phi) is 2.87. The predicted molar refractivity (Wildman–Crippen MR) is 66.2 cm³/mol. The molecule has 2 aliphatic heterocycles. The van der Waals surface area contributed by atoms with Gasteiger partial charge in [-0.15, -0.1) is 0 Å². The summed E-state index contributed by atoms with van der Waals surface area (Å²) >= 11 is 0. The van der Waals surface area contributed by atoms with E-state index in [0.717, 1.165) is 0 Å². The van der Waals surface area contributed by atoms with E-state index in [4.69, 9.17) is 14.2 Å². The minimum atomic E-state index is -0.981. The third kappa shape index (κ3) is 1.69. The van der Waals surface area contributed by atoms with E-state index in [-0.39, 0.29) is 13.4 Å². The van der Waals surface area contributed by atoms with E-state index in [1.807, 2.05) is 0 Å². The quantitative estimate of drug-likeness (QED) is 0.718. The zero-order valence-electron chi connectivity index (χ0n) is 11.2. The van der Waals surface area contributed by atoms with E-state index in [9.17, 15) is 14.7 Å². The van der Waals surface area contributed by atoms with Crippen molar-refractivity contribution in [2.24, 2.45) is 0 Å². The van der Waals surface area contributed by atoms with Gasteiger partial charge in [0.2, 0.25) is 0 Å². The minimum absolute atomic E-state index is 0.0642. The van der Waals surface area contributed by atoms with E-state index in [1.165, 1.54) is 16.8 Å². The Hall–Kier alpha value is -1.48. The molecule has 4 atom stereocenters. The normalized spacial score (nSPS) is 40.0. The van der Waals surface area contributed by atoms with Crippen molar-refractivity contribution in [3.05, 3.63) is 33.1 Å². The van der Waals surface area contributed by atoms with Crippen LogP contribution >= 0.6 is 0 Å². The van der Waals surface area contributed by atoms with Crippen molar-refractivity contribution in [3.63, 3.8) is 0 Å². The maximum Gasteiger partial charge on any atom is 0.330 e. The Morgan fingerprint density at radius 2 is 2.25 bits per heavy atom. The van der Waals surface area contributed by atoms with Crippen molar-refractivity contribution in [1.82, 2.24) is 9.55 Å². The third-order valence-corrected chi connectivity index (χ3v) is 3.97. The largest absolute Gasteiger partial charge is 0.393 e. The van der Waals surface area contributed by atoms with Gasteiger partial charge in [0.1, 0.15) is 24.1 Å². The van der Waals surface area contributed by atoms with Gasteiger partial charge in [-0.1, -0.05) is 0 Å². The minimum Gasteiger partial charge on any atom is -0.393 e. The number of aliphatic hydroxyl groups excluding tert-OH is 1. The van der Waals surface area contributed by atoms with Crippen LogP contribution in [0.1, 0.15) is 20.1 Å². The molecule has 0 amide bonds. The molecular weight excluding hydrogens is 268 g/mol. The van der Waals surface area contributed by atoms with Crippen LogP contribution in [0.25, 0.3) is 0 Å². The molecule has 2 fully saturated rings. The van der Waals surface area contributed by atoms with E-state index in [2.05, 4.69) is 4.98 Å². The second kappa shape index (κ2) is 4.26. The molecule has 110 valence electrons. The number of aromatic nitrogens is 2. The number of nitrogens with zero attached hydrogens (tertiary/aromatic N) is 1. The monoisotopic (exact) mass is 284 g/mol. The number of aromatic amines is 1. The smallest absolute Gasteiger partial charge is 0.330 e. The molecule has 2 saturated heterocycles. The first-order valence-electron chi connectivity index (χ1n) is 6.26. The Morgan fingerprint density at radius 3 is 2.90 bits per heavy atom. The lowest BCUT2D eigenvalue weighted by Crippen LogP contribution is -2.48. The van der Waals surface area contributed by atoms with Crippen LogP contribution in [0, 0.1) is 0 Å². The predicted octanol–water partition coefficient (Wildman–Crippen LogP) is -1.05. The van der Waals surface area contributed by atoms with E-state index >= 15 is 0 Å². The van der Waals surface area contributed by atoms with Crippen LogP contribution in [0.15, 0.2) is 21.9 Å². The molecule has 1 aromatic rings. The van der Waals surface area contributed by atoms with Crippen LogP contribution in [0.2, 0.25) is 0 Å². The van der Waals surface area contributed by atoms with Crippen LogP contribution in [0.3, 0.4) is 0 Å². The van der Waals surface area contributed by atoms with Crippen molar-refractivity contribution >= 4 is 0 Å². The van der Waals surface area contributed by atoms with Gasteiger partial charge in [-0.25, -0.2) is 4.79 Å². The SMILES string of the molecule is CC1(CO)OC(n2ccc(=O)[nH]c2=O)C2(C)OCOC12. The second-order valence-electron chi connectivity index (χ2n) is 5.45. The topological polar surface area (TPSA) is 103 Å². The fraction of sp³-hybridized carbons (Fsp3) is 0.667. The lowest BCUT2D eigenvalue weighted by atomic mass is 9.89. The van der Waals surface area contributed by atoms with Gasteiger partial charge in [-0.05, 0) is 13.8 Å². The maximum absolute atomic E-state index is 11.9. The molecule has 8 nitrogen and oxygen atoms in total. The summed E-state index contributed by atoms with van der Waals surface area (Å²) in [5, 5.41) is 9.56. The summed E-state index contributed by atoms with van der Waals surface area (Å²) in [5.74, 6) is 0. The number of fused-ring (bicyclic) bond motifs is 1. The Labute approximate surface area is 113 Å². The van der Waals surface area contributed by atoms with Crippen LogP contribution in [0.4, 0.5) is 0 Å².